The van der Waals surface area contributed by atoms with Crippen LogP contribution in [0.25, 0.3) is 6.08 Å². The molecule has 0 saturated carbocycles. The predicted molar refractivity (Wildman–Crippen MR) is 76.1 cm³/mol. The van der Waals surface area contributed by atoms with Crippen molar-refractivity contribution in [1.29, 1.82) is 0 Å². The first-order valence-corrected chi connectivity index (χ1v) is 8.02. The molecule has 0 bridgehead atoms. The summed E-state index contributed by atoms with van der Waals surface area (Å²) in [4.78, 5) is 0. The van der Waals surface area contributed by atoms with E-state index in [1.165, 1.54) is 5.56 Å². The lowest BCUT2D eigenvalue weighted by Crippen LogP contribution is -1.88. The first-order chi connectivity index (χ1) is 7.54. The Bertz CT molecular complexity index is 391. The second-order valence-electron chi connectivity index (χ2n) is 3.94. The zero-order valence-electron chi connectivity index (χ0n) is 10.2. The van der Waals surface area contributed by atoms with Crippen LogP contribution in [0.1, 0.15) is 30.9 Å². The van der Waals surface area contributed by atoms with E-state index in [1.54, 1.807) is 18.0 Å². The number of thioether (sulfide) groups is 1. The van der Waals surface area contributed by atoms with Gasteiger partial charge in [-0.15, -0.1) is 11.8 Å². The maximum absolute atomic E-state index is 11.4. The molecule has 88 valence electrons. The summed E-state index contributed by atoms with van der Waals surface area (Å²) in [6, 6.07) is 8.43. The normalized spacial score (nSPS) is 14.2. The van der Waals surface area contributed by atoms with Crippen molar-refractivity contribution >= 4 is 28.6 Å². The predicted octanol–water partition coefficient (Wildman–Crippen LogP) is 3.85. The Hall–Kier alpha value is -0.540. The third kappa shape index (κ3) is 3.80. The third-order valence-corrected chi connectivity index (χ3v) is 4.78. The van der Waals surface area contributed by atoms with Gasteiger partial charge in [0.2, 0.25) is 0 Å². The zero-order chi connectivity index (χ0) is 12.1. The maximum Gasteiger partial charge on any atom is 0.0716 e. The van der Waals surface area contributed by atoms with Gasteiger partial charge in [0.1, 0.15) is 0 Å². The molecule has 3 heteroatoms. The van der Waals surface area contributed by atoms with E-state index in [-0.39, 0.29) is 0 Å². The molecular weight excluding hydrogens is 236 g/mol. The van der Waals surface area contributed by atoms with Crippen LogP contribution >= 0.6 is 11.8 Å². The Labute approximate surface area is 105 Å². The lowest BCUT2D eigenvalue weighted by Gasteiger charge is -2.05. The van der Waals surface area contributed by atoms with Gasteiger partial charge in [0.25, 0.3) is 0 Å². The van der Waals surface area contributed by atoms with E-state index in [1.807, 2.05) is 12.3 Å². The van der Waals surface area contributed by atoms with Gasteiger partial charge in [0, 0.05) is 6.26 Å². The molecule has 0 aliphatic carbocycles. The average molecular weight is 254 g/mol. The number of benzene rings is 1. The maximum atomic E-state index is 11.4. The van der Waals surface area contributed by atoms with Gasteiger partial charge in [0.05, 0.1) is 15.0 Å². The van der Waals surface area contributed by atoms with Gasteiger partial charge in [-0.05, 0) is 29.4 Å². The van der Waals surface area contributed by atoms with E-state index >= 15 is 0 Å². The van der Waals surface area contributed by atoms with Crippen molar-refractivity contribution in [1.82, 2.24) is 0 Å². The van der Waals surface area contributed by atoms with Crippen molar-refractivity contribution in [2.45, 2.75) is 19.8 Å². The molecule has 0 fully saturated rings. The summed E-state index contributed by atoms with van der Waals surface area (Å²) in [6.45, 7) is 4.36. The molecule has 0 aromatic heterocycles. The van der Waals surface area contributed by atoms with Gasteiger partial charge in [-0.25, -0.2) is 0 Å². The van der Waals surface area contributed by atoms with Crippen LogP contribution < -0.4 is 0 Å². The van der Waals surface area contributed by atoms with E-state index in [2.05, 4.69) is 38.1 Å². The van der Waals surface area contributed by atoms with Gasteiger partial charge in [-0.3, -0.25) is 4.21 Å². The highest BCUT2D eigenvalue weighted by molar-refractivity contribution is 8.16. The number of hydrogen-bond acceptors (Lipinski definition) is 2. The van der Waals surface area contributed by atoms with Crippen LogP contribution in [0.4, 0.5) is 0 Å². The largest absolute Gasteiger partial charge is 0.254 e. The quantitative estimate of drug-likeness (QED) is 0.812. The Kier molecular flexibility index (Phi) is 5.29. The molecule has 0 radical (unpaired) electrons. The smallest absolute Gasteiger partial charge is 0.0716 e. The summed E-state index contributed by atoms with van der Waals surface area (Å²) in [5, 5.41) is 0. The van der Waals surface area contributed by atoms with Crippen LogP contribution in [0.3, 0.4) is 0 Å². The van der Waals surface area contributed by atoms with Crippen molar-refractivity contribution in [2.24, 2.45) is 0 Å². The molecule has 1 aromatic rings. The highest BCUT2D eigenvalue weighted by Crippen LogP contribution is 2.21. The van der Waals surface area contributed by atoms with E-state index in [0.717, 1.165) is 9.80 Å². The summed E-state index contributed by atoms with van der Waals surface area (Å²) in [5.74, 6) is 0.554. The molecule has 0 saturated heterocycles. The minimum atomic E-state index is -0.894. The van der Waals surface area contributed by atoms with E-state index in [0.29, 0.717) is 5.92 Å². The number of hydrogen-bond donors (Lipinski definition) is 0. The van der Waals surface area contributed by atoms with Crippen LogP contribution in [0.15, 0.2) is 28.5 Å². The molecule has 0 heterocycles. The van der Waals surface area contributed by atoms with Crippen molar-refractivity contribution < 1.29 is 4.21 Å². The Morgan fingerprint density at radius 1 is 1.31 bits per heavy atom. The van der Waals surface area contributed by atoms with E-state index in [9.17, 15) is 4.21 Å². The first-order valence-electron chi connectivity index (χ1n) is 5.23. The minimum absolute atomic E-state index is 0.554. The zero-order valence-corrected chi connectivity index (χ0v) is 11.8. The Morgan fingerprint density at radius 3 is 2.25 bits per heavy atom. The average Bonchev–Trinajstić information content (AvgIpc) is 2.26. The first kappa shape index (κ1) is 13.5. The fraction of sp³-hybridized carbons (Fsp3) is 0.385. The highest BCUT2D eigenvalue weighted by Gasteiger charge is 2.01. The van der Waals surface area contributed by atoms with Crippen molar-refractivity contribution in [3.05, 3.63) is 39.6 Å². The molecular formula is C13H18OS2. The molecule has 0 amide bonds. The van der Waals surface area contributed by atoms with E-state index < -0.39 is 10.8 Å². The number of rotatable bonds is 4. The van der Waals surface area contributed by atoms with Crippen LogP contribution in [-0.2, 0) is 10.8 Å². The standard InChI is InChI=1S/C13H18OS2/c1-10(2)12-7-5-11(6-8-12)9-13(15-3)16(4)14/h5-10H,1-4H3. The van der Waals surface area contributed by atoms with Crippen LogP contribution in [0, 0.1) is 0 Å². The molecule has 1 rings (SSSR count). The molecule has 16 heavy (non-hydrogen) atoms. The summed E-state index contributed by atoms with van der Waals surface area (Å²) in [6.07, 6.45) is 5.66. The topological polar surface area (TPSA) is 17.1 Å². The Morgan fingerprint density at radius 2 is 1.88 bits per heavy atom. The van der Waals surface area contributed by atoms with Crippen LogP contribution in [0.2, 0.25) is 0 Å². The second kappa shape index (κ2) is 6.26. The molecule has 0 spiro atoms. The molecule has 1 atom stereocenters. The monoisotopic (exact) mass is 254 g/mol. The van der Waals surface area contributed by atoms with Crippen LogP contribution in [-0.4, -0.2) is 16.7 Å². The molecule has 1 nitrogen and oxygen atoms in total. The van der Waals surface area contributed by atoms with Gasteiger partial charge in [-0.2, -0.15) is 0 Å². The fourth-order valence-corrected chi connectivity index (χ4v) is 2.87. The van der Waals surface area contributed by atoms with Crippen LogP contribution in [0.5, 0.6) is 0 Å². The minimum Gasteiger partial charge on any atom is -0.254 e. The summed E-state index contributed by atoms with van der Waals surface area (Å²) < 4.78 is 12.3. The van der Waals surface area contributed by atoms with Gasteiger partial charge < -0.3 is 0 Å². The molecule has 1 aromatic carbocycles. The lowest BCUT2D eigenvalue weighted by molar-refractivity contribution is 0.691. The summed E-state index contributed by atoms with van der Waals surface area (Å²) in [5.41, 5.74) is 2.45. The summed E-state index contributed by atoms with van der Waals surface area (Å²) >= 11 is 1.54. The SMILES string of the molecule is CSC(=Cc1ccc(C(C)C)cc1)S(C)=O. The molecule has 0 N–H and O–H groups in total. The third-order valence-electron chi connectivity index (χ3n) is 2.37. The molecule has 0 aliphatic rings. The highest BCUT2D eigenvalue weighted by atomic mass is 32.2. The van der Waals surface area contributed by atoms with E-state index in [4.69, 9.17) is 0 Å². The van der Waals surface area contributed by atoms with Gasteiger partial charge >= 0.3 is 0 Å². The van der Waals surface area contributed by atoms with Gasteiger partial charge in [-0.1, -0.05) is 38.1 Å². The lowest BCUT2D eigenvalue weighted by atomic mass is 10.0. The van der Waals surface area contributed by atoms with Crippen molar-refractivity contribution in [3.8, 4) is 0 Å². The molecule has 1 unspecified atom stereocenters. The fourth-order valence-electron chi connectivity index (χ4n) is 1.37. The summed E-state index contributed by atoms with van der Waals surface area (Å²) in [7, 11) is -0.894. The van der Waals surface area contributed by atoms with Crippen molar-refractivity contribution in [2.75, 3.05) is 12.5 Å². The van der Waals surface area contributed by atoms with Gasteiger partial charge in [0.15, 0.2) is 0 Å². The second-order valence-corrected chi connectivity index (χ2v) is 6.40. The Balaban J connectivity index is 2.94. The molecule has 0 aliphatic heterocycles. The van der Waals surface area contributed by atoms with Crippen molar-refractivity contribution in [3.63, 3.8) is 0 Å².